The minimum Gasteiger partial charge on any atom is -0.507 e. The number of nitrogens with one attached hydrogen (secondary N) is 1. The number of halogens is 3. The van der Waals surface area contributed by atoms with Crippen molar-refractivity contribution in [2.24, 2.45) is 0 Å². The first-order chi connectivity index (χ1) is 13.6. The molecule has 0 bridgehead atoms. The number of carbonyl (C=O) groups is 1. The monoisotopic (exact) mass is 406 g/mol. The molecule has 10 heteroatoms. The van der Waals surface area contributed by atoms with E-state index in [0.29, 0.717) is 11.9 Å². The molecule has 2 aromatic carbocycles. The molecule has 3 aromatic rings. The number of carbonyl (C=O) groups excluding carboxylic acids is 1. The third kappa shape index (κ3) is 3.60. The molecule has 3 rings (SSSR count). The maximum atomic E-state index is 14.6. The molecular weight excluding hydrogens is 389 g/mol. The quantitative estimate of drug-likeness (QED) is 0.696. The van der Waals surface area contributed by atoms with Gasteiger partial charge >= 0.3 is 5.69 Å². The molecule has 0 aliphatic rings. The Hall–Kier alpha value is -3.56. The lowest BCUT2D eigenvalue weighted by atomic mass is 10.1. The van der Waals surface area contributed by atoms with Crippen molar-refractivity contribution < 1.29 is 23.1 Å². The van der Waals surface area contributed by atoms with Gasteiger partial charge in [0.2, 0.25) is 0 Å². The smallest absolute Gasteiger partial charge is 0.351 e. The molecule has 29 heavy (non-hydrogen) atoms. The van der Waals surface area contributed by atoms with E-state index in [1.165, 1.54) is 4.57 Å². The molecule has 1 heterocycles. The number of aromatic hydroxyl groups is 1. The first-order valence-corrected chi connectivity index (χ1v) is 8.58. The van der Waals surface area contributed by atoms with E-state index < -0.39 is 46.0 Å². The topological polar surface area (TPSA) is 89.2 Å². The van der Waals surface area contributed by atoms with Crippen molar-refractivity contribution in [3.8, 4) is 11.4 Å². The van der Waals surface area contributed by atoms with Gasteiger partial charge in [-0.1, -0.05) is 6.07 Å². The van der Waals surface area contributed by atoms with Crippen LogP contribution in [0.2, 0.25) is 0 Å². The van der Waals surface area contributed by atoms with Crippen LogP contribution in [0.4, 0.5) is 18.9 Å². The second-order valence-corrected chi connectivity index (χ2v) is 6.58. The Morgan fingerprint density at radius 3 is 2.31 bits per heavy atom. The van der Waals surface area contributed by atoms with E-state index in [4.69, 9.17) is 0 Å². The van der Waals surface area contributed by atoms with Gasteiger partial charge in [0, 0.05) is 12.1 Å². The average Bonchev–Trinajstić information content (AvgIpc) is 2.94. The highest BCUT2D eigenvalue weighted by molar-refractivity contribution is 6.06. The zero-order chi connectivity index (χ0) is 21.5. The van der Waals surface area contributed by atoms with Crippen LogP contribution in [0, 0.1) is 24.4 Å². The Balaban J connectivity index is 2.02. The second kappa shape index (κ2) is 7.46. The molecule has 0 saturated carbocycles. The van der Waals surface area contributed by atoms with E-state index in [2.05, 4.69) is 5.10 Å². The molecule has 0 fully saturated rings. The Morgan fingerprint density at radius 2 is 1.76 bits per heavy atom. The molecule has 1 amide bonds. The standard InChI is InChI=1S/C19H17F3N4O3/c1-9(2)25-10(3)24-26(19(25)29)15-8-16(27)11(7-14(15)22)18(28)23-17-12(20)5-4-6-13(17)21/h4-9,27H,1-3H3,(H,23,28). The second-order valence-electron chi connectivity index (χ2n) is 6.58. The number of nitrogens with zero attached hydrogens (tertiary/aromatic N) is 3. The number of amides is 1. The number of aromatic nitrogens is 3. The van der Waals surface area contributed by atoms with Crippen LogP contribution < -0.4 is 11.0 Å². The van der Waals surface area contributed by atoms with Crippen LogP contribution in [0.3, 0.4) is 0 Å². The lowest BCUT2D eigenvalue weighted by Crippen LogP contribution is -2.26. The fourth-order valence-electron chi connectivity index (χ4n) is 2.92. The Labute approximate surface area is 163 Å². The SMILES string of the molecule is Cc1nn(-c2cc(O)c(C(=O)Nc3c(F)cccc3F)cc2F)c(=O)n1C(C)C. The van der Waals surface area contributed by atoms with Crippen LogP contribution in [-0.4, -0.2) is 25.4 Å². The summed E-state index contributed by atoms with van der Waals surface area (Å²) in [6, 6.07) is 4.26. The summed E-state index contributed by atoms with van der Waals surface area (Å²) in [5.41, 5.74) is -2.30. The van der Waals surface area contributed by atoms with E-state index in [-0.39, 0.29) is 11.7 Å². The number of aryl methyl sites for hydroxylation is 1. The highest BCUT2D eigenvalue weighted by Crippen LogP contribution is 2.26. The number of phenols is 1. The first kappa shape index (κ1) is 20.2. The fraction of sp³-hybridized carbons (Fsp3) is 0.211. The fourth-order valence-corrected chi connectivity index (χ4v) is 2.92. The first-order valence-electron chi connectivity index (χ1n) is 8.58. The van der Waals surface area contributed by atoms with Gasteiger partial charge in [-0.2, -0.15) is 9.78 Å². The number of rotatable bonds is 4. The maximum Gasteiger partial charge on any atom is 0.351 e. The molecule has 7 nitrogen and oxygen atoms in total. The summed E-state index contributed by atoms with van der Waals surface area (Å²) < 4.78 is 44.1. The van der Waals surface area contributed by atoms with Crippen molar-refractivity contribution in [2.75, 3.05) is 5.32 Å². The number of hydrogen-bond acceptors (Lipinski definition) is 4. The normalized spacial score (nSPS) is 11.1. The van der Waals surface area contributed by atoms with E-state index in [1.54, 1.807) is 20.8 Å². The van der Waals surface area contributed by atoms with E-state index in [0.717, 1.165) is 28.9 Å². The molecule has 0 atom stereocenters. The Kier molecular flexibility index (Phi) is 5.19. The summed E-state index contributed by atoms with van der Waals surface area (Å²) in [5.74, 6) is -4.59. The largest absolute Gasteiger partial charge is 0.507 e. The highest BCUT2D eigenvalue weighted by Gasteiger charge is 2.22. The summed E-state index contributed by atoms with van der Waals surface area (Å²) in [5, 5.41) is 16.1. The highest BCUT2D eigenvalue weighted by atomic mass is 19.1. The molecule has 2 N–H and O–H groups in total. The molecule has 0 aliphatic carbocycles. The van der Waals surface area contributed by atoms with E-state index in [1.807, 2.05) is 5.32 Å². The molecular formula is C19H17F3N4O3. The minimum absolute atomic E-state index is 0.228. The number of anilines is 1. The van der Waals surface area contributed by atoms with Crippen molar-refractivity contribution in [3.63, 3.8) is 0 Å². The van der Waals surface area contributed by atoms with Crippen molar-refractivity contribution >= 4 is 11.6 Å². The van der Waals surface area contributed by atoms with Crippen LogP contribution in [0.15, 0.2) is 35.1 Å². The van der Waals surface area contributed by atoms with Crippen LogP contribution in [0.5, 0.6) is 5.75 Å². The molecule has 1 aromatic heterocycles. The third-order valence-corrected chi connectivity index (χ3v) is 4.24. The van der Waals surface area contributed by atoms with Crippen LogP contribution in [0.1, 0.15) is 36.1 Å². The molecule has 0 spiro atoms. The summed E-state index contributed by atoms with van der Waals surface area (Å²) in [6.45, 7) is 5.08. The summed E-state index contributed by atoms with van der Waals surface area (Å²) in [4.78, 5) is 24.8. The Bertz CT molecular complexity index is 1150. The minimum atomic E-state index is -1.13. The number of benzene rings is 2. The van der Waals surface area contributed by atoms with Crippen molar-refractivity contribution in [1.29, 1.82) is 0 Å². The lowest BCUT2D eigenvalue weighted by molar-refractivity contribution is 0.102. The van der Waals surface area contributed by atoms with Gasteiger partial charge in [-0.25, -0.2) is 18.0 Å². The predicted octanol–water partition coefficient (Wildman–Crippen LogP) is 3.30. The zero-order valence-corrected chi connectivity index (χ0v) is 15.7. The van der Waals surface area contributed by atoms with Crippen LogP contribution in [0.25, 0.3) is 5.69 Å². The van der Waals surface area contributed by atoms with Crippen molar-refractivity contribution in [1.82, 2.24) is 14.3 Å². The predicted molar refractivity (Wildman–Crippen MR) is 98.9 cm³/mol. The van der Waals surface area contributed by atoms with Crippen molar-refractivity contribution in [2.45, 2.75) is 26.8 Å². The van der Waals surface area contributed by atoms with Crippen LogP contribution in [-0.2, 0) is 0 Å². The molecule has 0 aliphatic heterocycles. The van der Waals surface area contributed by atoms with Gasteiger partial charge in [-0.05, 0) is 39.0 Å². The van der Waals surface area contributed by atoms with Gasteiger partial charge in [0.1, 0.15) is 40.4 Å². The summed E-state index contributed by atoms with van der Waals surface area (Å²) in [7, 11) is 0. The van der Waals surface area contributed by atoms with E-state index >= 15 is 0 Å². The van der Waals surface area contributed by atoms with Gasteiger partial charge in [0.25, 0.3) is 5.91 Å². The number of hydrogen-bond donors (Lipinski definition) is 2. The number of phenolic OH excluding ortho intramolecular Hbond substituents is 1. The van der Waals surface area contributed by atoms with Gasteiger partial charge in [-0.15, -0.1) is 0 Å². The van der Waals surface area contributed by atoms with Gasteiger partial charge in [0.15, 0.2) is 0 Å². The Morgan fingerprint density at radius 1 is 1.14 bits per heavy atom. The molecule has 0 radical (unpaired) electrons. The van der Waals surface area contributed by atoms with Crippen LogP contribution >= 0.6 is 0 Å². The molecule has 152 valence electrons. The van der Waals surface area contributed by atoms with Gasteiger partial charge in [0.05, 0.1) is 5.56 Å². The average molecular weight is 406 g/mol. The molecule has 0 saturated heterocycles. The third-order valence-electron chi connectivity index (χ3n) is 4.24. The van der Waals surface area contributed by atoms with Crippen molar-refractivity contribution in [3.05, 3.63) is 69.7 Å². The summed E-state index contributed by atoms with van der Waals surface area (Å²) in [6.07, 6.45) is 0. The zero-order valence-electron chi connectivity index (χ0n) is 15.7. The van der Waals surface area contributed by atoms with Gasteiger partial charge in [-0.3, -0.25) is 9.36 Å². The molecule has 0 unspecified atom stereocenters. The maximum absolute atomic E-state index is 14.6. The number of para-hydroxylation sites is 1. The summed E-state index contributed by atoms with van der Waals surface area (Å²) >= 11 is 0. The lowest BCUT2D eigenvalue weighted by Gasteiger charge is -2.10. The van der Waals surface area contributed by atoms with E-state index in [9.17, 15) is 27.9 Å². The van der Waals surface area contributed by atoms with Gasteiger partial charge < -0.3 is 10.4 Å².